The number of Topliss-reactive ketones (excluding diaryl/α,β-unsaturated/α-hetero) is 1. The number of ketones is 1. The summed E-state index contributed by atoms with van der Waals surface area (Å²) in [5.74, 6) is 0.0528. The fourth-order valence-electron chi connectivity index (χ4n) is 2.05. The van der Waals surface area contributed by atoms with Crippen LogP contribution in [0.25, 0.3) is 0 Å². The lowest BCUT2D eigenvalue weighted by molar-refractivity contribution is -0.117. The predicted octanol–water partition coefficient (Wildman–Crippen LogP) is 2.24. The highest BCUT2D eigenvalue weighted by Gasteiger charge is 2.20. The number of carbonyl (C=O) groups excluding carboxylic acids is 1. The molecular formula is C15H18O3. The molecule has 0 aliphatic heterocycles. The minimum absolute atomic E-state index is 0.0528. The summed E-state index contributed by atoms with van der Waals surface area (Å²) in [7, 11) is 0. The van der Waals surface area contributed by atoms with Crippen molar-refractivity contribution in [1.82, 2.24) is 0 Å². The van der Waals surface area contributed by atoms with E-state index in [-0.39, 0.29) is 12.4 Å². The lowest BCUT2D eigenvalue weighted by Gasteiger charge is -2.17. The van der Waals surface area contributed by atoms with Crippen LogP contribution in [0.3, 0.4) is 0 Å². The van der Waals surface area contributed by atoms with Crippen LogP contribution < -0.4 is 0 Å². The summed E-state index contributed by atoms with van der Waals surface area (Å²) >= 11 is 0. The van der Waals surface area contributed by atoms with Crippen LogP contribution in [0, 0.1) is 0 Å². The Hall–Kier alpha value is -1.45. The van der Waals surface area contributed by atoms with Crippen molar-refractivity contribution in [3.63, 3.8) is 0 Å². The Balaban J connectivity index is 1.80. The summed E-state index contributed by atoms with van der Waals surface area (Å²) in [4.78, 5) is 11.6. The summed E-state index contributed by atoms with van der Waals surface area (Å²) in [6, 6.07) is 9.78. The Bertz CT molecular complexity index is 423. The zero-order valence-corrected chi connectivity index (χ0v) is 10.3. The van der Waals surface area contributed by atoms with Gasteiger partial charge in [0.05, 0.1) is 13.2 Å². The number of allylic oxidation sites excluding steroid dienone is 1. The number of hydrogen-bond donors (Lipinski definition) is 1. The molecule has 0 amide bonds. The molecule has 0 saturated carbocycles. The summed E-state index contributed by atoms with van der Waals surface area (Å²) < 4.78 is 5.44. The van der Waals surface area contributed by atoms with Gasteiger partial charge in [-0.15, -0.1) is 0 Å². The summed E-state index contributed by atoms with van der Waals surface area (Å²) in [5, 5.41) is 9.91. The average Bonchev–Trinajstić information content (AvgIpc) is 2.40. The van der Waals surface area contributed by atoms with Crippen molar-refractivity contribution in [3.05, 3.63) is 47.5 Å². The number of rotatable bonds is 5. The molecule has 3 nitrogen and oxygen atoms in total. The molecule has 2 rings (SSSR count). The maximum atomic E-state index is 11.6. The van der Waals surface area contributed by atoms with Gasteiger partial charge in [-0.3, -0.25) is 4.79 Å². The van der Waals surface area contributed by atoms with E-state index in [4.69, 9.17) is 4.74 Å². The zero-order chi connectivity index (χ0) is 12.8. The molecule has 18 heavy (non-hydrogen) atoms. The van der Waals surface area contributed by atoms with E-state index in [0.717, 1.165) is 18.4 Å². The lowest BCUT2D eigenvalue weighted by atomic mass is 9.94. The largest absolute Gasteiger partial charge is 0.386 e. The molecular weight excluding hydrogens is 228 g/mol. The fourth-order valence-corrected chi connectivity index (χ4v) is 2.05. The maximum Gasteiger partial charge on any atom is 0.161 e. The Morgan fingerprint density at radius 2 is 2.06 bits per heavy atom. The van der Waals surface area contributed by atoms with Gasteiger partial charge in [-0.25, -0.2) is 0 Å². The molecule has 96 valence electrons. The lowest BCUT2D eigenvalue weighted by Crippen LogP contribution is -2.25. The first-order valence-corrected chi connectivity index (χ1v) is 6.30. The van der Waals surface area contributed by atoms with Crippen molar-refractivity contribution in [2.75, 3.05) is 6.61 Å². The SMILES string of the molecule is O=C1CCCC=C1C(O)COCc1ccccc1. The molecule has 0 bridgehead atoms. The van der Waals surface area contributed by atoms with Gasteiger partial charge in [-0.2, -0.15) is 0 Å². The number of aliphatic hydroxyl groups is 1. The van der Waals surface area contributed by atoms with E-state index in [1.165, 1.54) is 0 Å². The van der Waals surface area contributed by atoms with Crippen molar-refractivity contribution in [3.8, 4) is 0 Å². The van der Waals surface area contributed by atoms with E-state index >= 15 is 0 Å². The van der Waals surface area contributed by atoms with Crippen molar-refractivity contribution in [1.29, 1.82) is 0 Å². The second-order valence-corrected chi connectivity index (χ2v) is 4.49. The topological polar surface area (TPSA) is 46.5 Å². The summed E-state index contributed by atoms with van der Waals surface area (Å²) in [6.45, 7) is 0.631. The number of aliphatic hydroxyl groups excluding tert-OH is 1. The Kier molecular flexibility index (Phi) is 4.67. The van der Waals surface area contributed by atoms with Crippen LogP contribution in [0.5, 0.6) is 0 Å². The molecule has 3 heteroatoms. The van der Waals surface area contributed by atoms with Crippen molar-refractivity contribution >= 4 is 5.78 Å². The molecule has 1 atom stereocenters. The van der Waals surface area contributed by atoms with Gasteiger partial charge in [-0.1, -0.05) is 36.4 Å². The zero-order valence-electron chi connectivity index (χ0n) is 10.3. The van der Waals surface area contributed by atoms with Gasteiger partial charge in [0.15, 0.2) is 5.78 Å². The third-order valence-corrected chi connectivity index (χ3v) is 3.04. The highest BCUT2D eigenvalue weighted by molar-refractivity contribution is 5.96. The molecule has 1 unspecified atom stereocenters. The molecule has 1 aromatic rings. The normalized spacial score (nSPS) is 17.4. The maximum absolute atomic E-state index is 11.6. The molecule has 0 heterocycles. The Morgan fingerprint density at radius 1 is 1.28 bits per heavy atom. The minimum atomic E-state index is -0.790. The molecule has 1 aliphatic carbocycles. The molecule has 1 aliphatic rings. The number of carbonyl (C=O) groups is 1. The highest BCUT2D eigenvalue weighted by atomic mass is 16.5. The second kappa shape index (κ2) is 6.47. The van der Waals surface area contributed by atoms with Crippen LogP contribution in [0.1, 0.15) is 24.8 Å². The molecule has 1 N–H and O–H groups in total. The van der Waals surface area contributed by atoms with Gasteiger partial charge in [0.1, 0.15) is 6.10 Å². The number of hydrogen-bond acceptors (Lipinski definition) is 3. The van der Waals surface area contributed by atoms with Crippen LogP contribution in [-0.4, -0.2) is 23.6 Å². The number of ether oxygens (including phenoxy) is 1. The van der Waals surface area contributed by atoms with Gasteiger partial charge in [0.2, 0.25) is 0 Å². The summed E-state index contributed by atoms with van der Waals surface area (Å²) in [6.07, 6.45) is 3.35. The molecule has 0 fully saturated rings. The van der Waals surface area contributed by atoms with E-state index in [1.54, 1.807) is 0 Å². The van der Waals surface area contributed by atoms with Crippen LogP contribution in [0.2, 0.25) is 0 Å². The molecule has 0 aromatic heterocycles. The smallest absolute Gasteiger partial charge is 0.161 e. The summed E-state index contributed by atoms with van der Waals surface area (Å²) in [5.41, 5.74) is 1.59. The molecule has 0 radical (unpaired) electrons. The first-order chi connectivity index (χ1) is 8.77. The fraction of sp³-hybridized carbons (Fsp3) is 0.400. The van der Waals surface area contributed by atoms with Crippen LogP contribution in [0.4, 0.5) is 0 Å². The van der Waals surface area contributed by atoms with Gasteiger partial charge >= 0.3 is 0 Å². The van der Waals surface area contributed by atoms with Crippen LogP contribution in [0.15, 0.2) is 42.0 Å². The van der Waals surface area contributed by atoms with Crippen LogP contribution in [-0.2, 0) is 16.1 Å². The van der Waals surface area contributed by atoms with Crippen LogP contribution >= 0.6 is 0 Å². The second-order valence-electron chi connectivity index (χ2n) is 4.49. The van der Waals surface area contributed by atoms with Gasteiger partial charge in [-0.05, 0) is 18.4 Å². The van der Waals surface area contributed by atoms with E-state index < -0.39 is 6.10 Å². The van der Waals surface area contributed by atoms with Gasteiger partial charge in [0, 0.05) is 12.0 Å². The Labute approximate surface area is 107 Å². The quantitative estimate of drug-likeness (QED) is 0.866. The first kappa shape index (κ1) is 13.0. The van der Waals surface area contributed by atoms with E-state index in [1.807, 2.05) is 36.4 Å². The van der Waals surface area contributed by atoms with Crippen molar-refractivity contribution in [2.24, 2.45) is 0 Å². The average molecular weight is 246 g/mol. The minimum Gasteiger partial charge on any atom is -0.386 e. The third-order valence-electron chi connectivity index (χ3n) is 3.04. The molecule has 1 aromatic carbocycles. The van der Waals surface area contributed by atoms with E-state index in [0.29, 0.717) is 18.6 Å². The van der Waals surface area contributed by atoms with Gasteiger partial charge < -0.3 is 9.84 Å². The van der Waals surface area contributed by atoms with Gasteiger partial charge in [0.25, 0.3) is 0 Å². The first-order valence-electron chi connectivity index (χ1n) is 6.30. The number of benzene rings is 1. The highest BCUT2D eigenvalue weighted by Crippen LogP contribution is 2.17. The molecule has 0 spiro atoms. The third kappa shape index (κ3) is 3.52. The molecule has 0 saturated heterocycles. The van der Waals surface area contributed by atoms with Crippen molar-refractivity contribution in [2.45, 2.75) is 32.0 Å². The van der Waals surface area contributed by atoms with E-state index in [2.05, 4.69) is 0 Å². The van der Waals surface area contributed by atoms with E-state index in [9.17, 15) is 9.90 Å². The van der Waals surface area contributed by atoms with Crippen molar-refractivity contribution < 1.29 is 14.6 Å². The Morgan fingerprint density at radius 3 is 2.78 bits per heavy atom. The standard InChI is InChI=1S/C15H18O3/c16-14-9-5-4-8-13(14)15(17)11-18-10-12-6-2-1-3-7-12/h1-3,6-8,15,17H,4-5,9-11H2. The predicted molar refractivity (Wildman–Crippen MR) is 69.0 cm³/mol. The monoisotopic (exact) mass is 246 g/mol.